The first kappa shape index (κ1) is 20.9. The van der Waals surface area contributed by atoms with E-state index in [1.807, 2.05) is 25.1 Å². The molecule has 1 aromatic heterocycles. The second-order valence-electron chi connectivity index (χ2n) is 7.75. The van der Waals surface area contributed by atoms with E-state index in [4.69, 9.17) is 13.9 Å². The summed E-state index contributed by atoms with van der Waals surface area (Å²) < 4.78 is 16.6. The van der Waals surface area contributed by atoms with Crippen molar-refractivity contribution in [3.63, 3.8) is 0 Å². The highest BCUT2D eigenvalue weighted by Crippen LogP contribution is 2.33. The summed E-state index contributed by atoms with van der Waals surface area (Å²) in [7, 11) is 0. The van der Waals surface area contributed by atoms with Crippen molar-refractivity contribution in [3.8, 4) is 11.5 Å². The molecule has 0 saturated carbocycles. The highest BCUT2D eigenvalue weighted by atomic mass is 16.7. The molecule has 0 aliphatic carbocycles. The molecule has 3 aromatic rings. The quantitative estimate of drug-likeness (QED) is 0.593. The van der Waals surface area contributed by atoms with Gasteiger partial charge in [0.05, 0.1) is 6.54 Å². The number of carbonyl (C=O) groups excluding carboxylic acids is 1. The fourth-order valence-electron chi connectivity index (χ4n) is 3.61. The van der Waals surface area contributed by atoms with Crippen LogP contribution in [0.25, 0.3) is 0 Å². The molecule has 0 atom stereocenters. The van der Waals surface area contributed by atoms with Crippen molar-refractivity contribution in [2.45, 2.75) is 40.4 Å². The van der Waals surface area contributed by atoms with Crippen LogP contribution in [0.1, 0.15) is 45.6 Å². The van der Waals surface area contributed by atoms with E-state index in [1.165, 1.54) is 23.0 Å². The Labute approximate surface area is 182 Å². The lowest BCUT2D eigenvalue weighted by Gasteiger charge is -2.22. The predicted molar refractivity (Wildman–Crippen MR) is 116 cm³/mol. The maximum atomic E-state index is 12.0. The van der Waals surface area contributed by atoms with E-state index in [-0.39, 0.29) is 12.7 Å². The molecule has 1 N–H and O–H groups in total. The van der Waals surface area contributed by atoms with E-state index in [1.54, 1.807) is 0 Å². The van der Waals surface area contributed by atoms with Crippen molar-refractivity contribution in [2.24, 2.45) is 0 Å². The lowest BCUT2D eigenvalue weighted by molar-refractivity contribution is 0.0950. The van der Waals surface area contributed by atoms with Gasteiger partial charge in [0, 0.05) is 19.6 Å². The summed E-state index contributed by atoms with van der Waals surface area (Å²) in [6.07, 6.45) is 1.41. The van der Waals surface area contributed by atoms with Crippen LogP contribution in [0.4, 0.5) is 0 Å². The van der Waals surface area contributed by atoms with Crippen LogP contribution in [-0.4, -0.2) is 29.1 Å². The zero-order valence-corrected chi connectivity index (χ0v) is 18.1. The van der Waals surface area contributed by atoms with Crippen LogP contribution >= 0.6 is 0 Å². The smallest absolute Gasteiger partial charge is 0.273 e. The van der Waals surface area contributed by atoms with Crippen LogP contribution < -0.4 is 14.8 Å². The standard InChI is InChI=1S/C24H27N3O4/c1-4-25-24(28)20-14-29-23(26-20)13-27(12-19-9-16(2)5-6-17(19)3)11-18-7-8-21-22(10-18)31-15-30-21/h5-10,14H,4,11-13,15H2,1-3H3,(H,25,28). The van der Waals surface area contributed by atoms with E-state index in [0.29, 0.717) is 31.2 Å². The Balaban J connectivity index is 1.56. The van der Waals surface area contributed by atoms with Crippen molar-refractivity contribution in [1.29, 1.82) is 0 Å². The second kappa shape index (κ2) is 9.22. The summed E-state index contributed by atoms with van der Waals surface area (Å²) in [5, 5.41) is 2.74. The van der Waals surface area contributed by atoms with Crippen molar-refractivity contribution in [2.75, 3.05) is 13.3 Å². The Morgan fingerprint density at radius 2 is 1.90 bits per heavy atom. The minimum atomic E-state index is -0.227. The summed E-state index contributed by atoms with van der Waals surface area (Å²) in [6, 6.07) is 12.5. The van der Waals surface area contributed by atoms with Gasteiger partial charge in [-0.15, -0.1) is 0 Å². The number of oxazole rings is 1. The lowest BCUT2D eigenvalue weighted by Crippen LogP contribution is -2.24. The Hall–Kier alpha value is -3.32. The highest BCUT2D eigenvalue weighted by Gasteiger charge is 2.18. The maximum Gasteiger partial charge on any atom is 0.273 e. The number of hydrogen-bond acceptors (Lipinski definition) is 6. The number of benzene rings is 2. The van der Waals surface area contributed by atoms with E-state index < -0.39 is 0 Å². The van der Waals surface area contributed by atoms with Gasteiger partial charge in [0.1, 0.15) is 6.26 Å². The Bertz CT molecular complexity index is 1080. The van der Waals surface area contributed by atoms with Gasteiger partial charge in [0.2, 0.25) is 12.7 Å². The zero-order chi connectivity index (χ0) is 21.8. The summed E-state index contributed by atoms with van der Waals surface area (Å²) in [5.74, 6) is 1.81. The van der Waals surface area contributed by atoms with Crippen LogP contribution in [0.15, 0.2) is 47.1 Å². The topological polar surface area (TPSA) is 76.8 Å². The number of hydrogen-bond donors (Lipinski definition) is 1. The molecule has 0 unspecified atom stereocenters. The van der Waals surface area contributed by atoms with Gasteiger partial charge >= 0.3 is 0 Å². The number of aromatic nitrogens is 1. The van der Waals surface area contributed by atoms with Crippen molar-refractivity contribution < 1.29 is 18.7 Å². The van der Waals surface area contributed by atoms with E-state index >= 15 is 0 Å². The van der Waals surface area contributed by atoms with Gasteiger partial charge in [0.25, 0.3) is 5.91 Å². The predicted octanol–water partition coefficient (Wildman–Crippen LogP) is 3.97. The first-order chi connectivity index (χ1) is 15.0. The third-order valence-electron chi connectivity index (χ3n) is 5.22. The third kappa shape index (κ3) is 5.06. The molecule has 1 amide bonds. The van der Waals surface area contributed by atoms with Crippen LogP contribution in [-0.2, 0) is 19.6 Å². The van der Waals surface area contributed by atoms with E-state index in [9.17, 15) is 4.79 Å². The molecule has 0 fully saturated rings. The fourth-order valence-corrected chi connectivity index (χ4v) is 3.61. The molecule has 4 rings (SSSR count). The maximum absolute atomic E-state index is 12.0. The lowest BCUT2D eigenvalue weighted by atomic mass is 10.0. The van der Waals surface area contributed by atoms with Gasteiger partial charge in [-0.1, -0.05) is 29.8 Å². The average molecular weight is 421 g/mol. The molecule has 7 nitrogen and oxygen atoms in total. The molecular formula is C24H27N3O4. The molecule has 0 bridgehead atoms. The summed E-state index contributed by atoms with van der Waals surface area (Å²) in [4.78, 5) is 18.7. The Kier molecular flexibility index (Phi) is 6.23. The third-order valence-corrected chi connectivity index (χ3v) is 5.22. The van der Waals surface area contributed by atoms with E-state index in [2.05, 4.69) is 47.2 Å². The van der Waals surface area contributed by atoms with Crippen LogP contribution in [0.5, 0.6) is 11.5 Å². The molecule has 0 saturated heterocycles. The van der Waals surface area contributed by atoms with Crippen LogP contribution in [0.3, 0.4) is 0 Å². The molecule has 1 aliphatic heterocycles. The number of ether oxygens (including phenoxy) is 2. The first-order valence-electron chi connectivity index (χ1n) is 10.4. The number of nitrogens with zero attached hydrogens (tertiary/aromatic N) is 2. The van der Waals surface area contributed by atoms with Crippen LogP contribution in [0, 0.1) is 13.8 Å². The minimum absolute atomic E-state index is 0.227. The number of amides is 1. The van der Waals surface area contributed by atoms with Crippen molar-refractivity contribution in [1.82, 2.24) is 15.2 Å². The van der Waals surface area contributed by atoms with Gasteiger partial charge in [-0.05, 0) is 49.6 Å². The second-order valence-corrected chi connectivity index (χ2v) is 7.75. The number of nitrogens with one attached hydrogen (secondary N) is 1. The summed E-state index contributed by atoms with van der Waals surface area (Å²) >= 11 is 0. The van der Waals surface area contributed by atoms with Gasteiger partial charge < -0.3 is 19.2 Å². The average Bonchev–Trinajstić information content (AvgIpc) is 3.40. The number of rotatable bonds is 8. The van der Waals surface area contributed by atoms with Gasteiger partial charge in [-0.25, -0.2) is 4.98 Å². The summed E-state index contributed by atoms with van der Waals surface area (Å²) in [6.45, 7) is 8.75. The molecule has 31 heavy (non-hydrogen) atoms. The molecule has 1 aliphatic rings. The minimum Gasteiger partial charge on any atom is -0.454 e. The molecule has 0 spiro atoms. The molecule has 162 valence electrons. The van der Waals surface area contributed by atoms with E-state index in [0.717, 1.165) is 23.6 Å². The van der Waals surface area contributed by atoms with Gasteiger partial charge in [-0.2, -0.15) is 0 Å². The van der Waals surface area contributed by atoms with Crippen molar-refractivity contribution >= 4 is 5.91 Å². The summed E-state index contributed by atoms with van der Waals surface area (Å²) in [5.41, 5.74) is 5.10. The van der Waals surface area contributed by atoms with Crippen molar-refractivity contribution in [3.05, 3.63) is 76.5 Å². The number of aryl methyl sites for hydroxylation is 2. The molecule has 2 heterocycles. The van der Waals surface area contributed by atoms with Gasteiger partial charge in [-0.3, -0.25) is 9.69 Å². The fraction of sp³-hybridized carbons (Fsp3) is 0.333. The Morgan fingerprint density at radius 3 is 2.74 bits per heavy atom. The largest absolute Gasteiger partial charge is 0.454 e. The Morgan fingerprint density at radius 1 is 1.06 bits per heavy atom. The number of carbonyl (C=O) groups is 1. The van der Waals surface area contributed by atoms with Gasteiger partial charge in [0.15, 0.2) is 17.2 Å². The molecule has 7 heteroatoms. The van der Waals surface area contributed by atoms with Crippen LogP contribution in [0.2, 0.25) is 0 Å². The molecule has 0 radical (unpaired) electrons. The normalized spacial score (nSPS) is 12.4. The molecular weight excluding hydrogens is 394 g/mol. The number of fused-ring (bicyclic) bond motifs is 1. The first-order valence-corrected chi connectivity index (χ1v) is 10.4. The molecule has 2 aromatic carbocycles. The zero-order valence-electron chi connectivity index (χ0n) is 18.1. The SMILES string of the molecule is CCNC(=O)c1coc(CN(Cc2ccc3c(c2)OCO3)Cc2cc(C)ccc2C)n1. The monoisotopic (exact) mass is 421 g/mol. The highest BCUT2D eigenvalue weighted by molar-refractivity contribution is 5.91.